The summed E-state index contributed by atoms with van der Waals surface area (Å²) < 4.78 is 0. The average Bonchev–Trinajstić information content (AvgIpc) is 2.27. The SMILES string of the molecule is CC(C)N=C(N)Nc1ccc2ncccc2c1. The van der Waals surface area contributed by atoms with Crippen LogP contribution in [0.3, 0.4) is 0 Å². The topological polar surface area (TPSA) is 63.3 Å². The van der Waals surface area contributed by atoms with E-state index >= 15 is 0 Å². The lowest BCUT2D eigenvalue weighted by Crippen LogP contribution is -2.23. The first-order valence-corrected chi connectivity index (χ1v) is 5.60. The quantitative estimate of drug-likeness (QED) is 0.612. The van der Waals surface area contributed by atoms with Gasteiger partial charge in [-0.05, 0) is 38.1 Å². The Balaban J connectivity index is 2.25. The summed E-state index contributed by atoms with van der Waals surface area (Å²) in [4.78, 5) is 8.48. The number of guanidine groups is 1. The highest BCUT2D eigenvalue weighted by Crippen LogP contribution is 2.16. The molecule has 0 aliphatic carbocycles. The molecule has 1 aromatic carbocycles. The summed E-state index contributed by atoms with van der Waals surface area (Å²) in [6.07, 6.45) is 1.78. The van der Waals surface area contributed by atoms with Gasteiger partial charge in [0, 0.05) is 23.3 Å². The molecule has 0 bridgehead atoms. The molecular weight excluding hydrogens is 212 g/mol. The lowest BCUT2D eigenvalue weighted by atomic mass is 10.2. The van der Waals surface area contributed by atoms with Crippen molar-refractivity contribution < 1.29 is 0 Å². The summed E-state index contributed by atoms with van der Waals surface area (Å²) in [5.74, 6) is 0.434. The third-order valence-corrected chi connectivity index (χ3v) is 2.27. The van der Waals surface area contributed by atoms with Crippen LogP contribution >= 0.6 is 0 Å². The summed E-state index contributed by atoms with van der Waals surface area (Å²) in [6.45, 7) is 3.97. The van der Waals surface area contributed by atoms with Crippen LogP contribution in [0.1, 0.15) is 13.8 Å². The third-order valence-electron chi connectivity index (χ3n) is 2.27. The van der Waals surface area contributed by atoms with E-state index in [4.69, 9.17) is 5.73 Å². The maximum atomic E-state index is 5.77. The Kier molecular flexibility index (Phi) is 3.23. The summed E-state index contributed by atoms with van der Waals surface area (Å²) in [6, 6.07) is 10.0. The van der Waals surface area contributed by atoms with Crippen LogP contribution in [0.5, 0.6) is 0 Å². The van der Waals surface area contributed by atoms with E-state index in [2.05, 4.69) is 15.3 Å². The van der Waals surface area contributed by atoms with Crippen molar-refractivity contribution in [1.29, 1.82) is 0 Å². The van der Waals surface area contributed by atoms with Crippen LogP contribution < -0.4 is 11.1 Å². The van der Waals surface area contributed by atoms with Gasteiger partial charge in [-0.25, -0.2) is 0 Å². The Morgan fingerprint density at radius 1 is 1.35 bits per heavy atom. The van der Waals surface area contributed by atoms with Crippen molar-refractivity contribution in [2.24, 2.45) is 10.7 Å². The van der Waals surface area contributed by atoms with Crippen LogP contribution in [0, 0.1) is 0 Å². The molecule has 0 aliphatic rings. The molecule has 0 atom stereocenters. The van der Waals surface area contributed by atoms with Crippen molar-refractivity contribution >= 4 is 22.5 Å². The van der Waals surface area contributed by atoms with Gasteiger partial charge in [0.05, 0.1) is 5.52 Å². The third kappa shape index (κ3) is 2.93. The van der Waals surface area contributed by atoms with Gasteiger partial charge in [-0.2, -0.15) is 0 Å². The molecule has 0 saturated carbocycles. The zero-order valence-electron chi connectivity index (χ0n) is 10.0. The summed E-state index contributed by atoms with van der Waals surface area (Å²) >= 11 is 0. The molecule has 88 valence electrons. The molecule has 0 spiro atoms. The number of hydrogen-bond acceptors (Lipinski definition) is 2. The molecule has 0 unspecified atom stereocenters. The number of aromatic nitrogens is 1. The van der Waals surface area contributed by atoms with E-state index in [0.29, 0.717) is 5.96 Å². The number of aliphatic imine (C=N–C) groups is 1. The summed E-state index contributed by atoms with van der Waals surface area (Å²) in [7, 11) is 0. The van der Waals surface area contributed by atoms with E-state index in [1.807, 2.05) is 44.2 Å². The Morgan fingerprint density at radius 3 is 2.94 bits per heavy atom. The van der Waals surface area contributed by atoms with E-state index in [-0.39, 0.29) is 6.04 Å². The van der Waals surface area contributed by atoms with Gasteiger partial charge in [0.15, 0.2) is 5.96 Å². The summed E-state index contributed by atoms with van der Waals surface area (Å²) in [5.41, 5.74) is 7.67. The van der Waals surface area contributed by atoms with Crippen molar-refractivity contribution in [2.45, 2.75) is 19.9 Å². The molecule has 4 heteroatoms. The predicted molar refractivity (Wildman–Crippen MR) is 72.1 cm³/mol. The number of hydrogen-bond donors (Lipinski definition) is 2. The van der Waals surface area contributed by atoms with Gasteiger partial charge >= 0.3 is 0 Å². The second-order valence-corrected chi connectivity index (χ2v) is 4.14. The molecular formula is C13H16N4. The van der Waals surface area contributed by atoms with Gasteiger partial charge in [0.2, 0.25) is 0 Å². The van der Waals surface area contributed by atoms with E-state index in [9.17, 15) is 0 Å². The van der Waals surface area contributed by atoms with Crippen LogP contribution in [-0.4, -0.2) is 17.0 Å². The van der Waals surface area contributed by atoms with Crippen molar-refractivity contribution in [1.82, 2.24) is 4.98 Å². The maximum absolute atomic E-state index is 5.77. The number of pyridine rings is 1. The highest BCUT2D eigenvalue weighted by Gasteiger charge is 1.99. The lowest BCUT2D eigenvalue weighted by molar-refractivity contribution is 0.833. The van der Waals surface area contributed by atoms with E-state index in [1.165, 1.54) is 0 Å². The highest BCUT2D eigenvalue weighted by molar-refractivity contribution is 5.94. The number of fused-ring (bicyclic) bond motifs is 1. The smallest absolute Gasteiger partial charge is 0.193 e. The van der Waals surface area contributed by atoms with Gasteiger partial charge < -0.3 is 11.1 Å². The minimum Gasteiger partial charge on any atom is -0.370 e. The Hall–Kier alpha value is -2.10. The van der Waals surface area contributed by atoms with Crippen molar-refractivity contribution in [2.75, 3.05) is 5.32 Å². The number of benzene rings is 1. The van der Waals surface area contributed by atoms with Crippen molar-refractivity contribution in [3.8, 4) is 0 Å². The zero-order valence-corrected chi connectivity index (χ0v) is 10.0. The standard InChI is InChI=1S/C13H16N4/c1-9(2)16-13(14)17-11-5-6-12-10(8-11)4-3-7-15-12/h3-9H,1-2H3,(H3,14,16,17). The van der Waals surface area contributed by atoms with Crippen LogP contribution in [0.15, 0.2) is 41.5 Å². The number of anilines is 1. The largest absolute Gasteiger partial charge is 0.370 e. The Morgan fingerprint density at radius 2 is 2.18 bits per heavy atom. The Labute approximate surface area is 101 Å². The van der Waals surface area contributed by atoms with Gasteiger partial charge in [-0.15, -0.1) is 0 Å². The molecule has 0 amide bonds. The number of rotatable bonds is 2. The first kappa shape index (κ1) is 11.4. The minimum absolute atomic E-state index is 0.185. The summed E-state index contributed by atoms with van der Waals surface area (Å²) in [5, 5.41) is 4.14. The molecule has 0 aliphatic heterocycles. The van der Waals surface area contributed by atoms with Gasteiger partial charge in [-0.3, -0.25) is 9.98 Å². The maximum Gasteiger partial charge on any atom is 0.193 e. The van der Waals surface area contributed by atoms with E-state index in [1.54, 1.807) is 6.20 Å². The van der Waals surface area contributed by atoms with Crippen molar-refractivity contribution in [3.63, 3.8) is 0 Å². The Bertz CT molecular complexity index is 546. The van der Waals surface area contributed by atoms with Crippen LogP contribution in [0.4, 0.5) is 5.69 Å². The molecule has 0 fully saturated rings. The van der Waals surface area contributed by atoms with Gasteiger partial charge in [0.1, 0.15) is 0 Å². The second kappa shape index (κ2) is 4.82. The molecule has 1 heterocycles. The molecule has 4 nitrogen and oxygen atoms in total. The molecule has 2 aromatic rings. The number of nitrogens with two attached hydrogens (primary N) is 1. The van der Waals surface area contributed by atoms with Crippen LogP contribution in [0.25, 0.3) is 10.9 Å². The normalized spacial score (nSPS) is 12.1. The molecule has 3 N–H and O–H groups in total. The van der Waals surface area contributed by atoms with Crippen LogP contribution in [0.2, 0.25) is 0 Å². The highest BCUT2D eigenvalue weighted by atomic mass is 15.1. The van der Waals surface area contributed by atoms with Gasteiger partial charge in [-0.1, -0.05) is 6.07 Å². The first-order chi connectivity index (χ1) is 8.15. The fraction of sp³-hybridized carbons (Fsp3) is 0.231. The average molecular weight is 228 g/mol. The van der Waals surface area contributed by atoms with Crippen LogP contribution in [-0.2, 0) is 0 Å². The zero-order chi connectivity index (χ0) is 12.3. The molecule has 2 rings (SSSR count). The first-order valence-electron chi connectivity index (χ1n) is 5.60. The lowest BCUT2D eigenvalue weighted by Gasteiger charge is -2.07. The fourth-order valence-corrected chi connectivity index (χ4v) is 1.61. The van der Waals surface area contributed by atoms with E-state index < -0.39 is 0 Å². The molecule has 0 saturated heterocycles. The van der Waals surface area contributed by atoms with Gasteiger partial charge in [0.25, 0.3) is 0 Å². The predicted octanol–water partition coefficient (Wildman–Crippen LogP) is 2.37. The molecule has 1 aromatic heterocycles. The fourth-order valence-electron chi connectivity index (χ4n) is 1.61. The monoisotopic (exact) mass is 228 g/mol. The molecule has 17 heavy (non-hydrogen) atoms. The van der Waals surface area contributed by atoms with E-state index in [0.717, 1.165) is 16.6 Å². The number of nitrogens with one attached hydrogen (secondary N) is 1. The second-order valence-electron chi connectivity index (χ2n) is 4.14. The molecule has 0 radical (unpaired) electrons. The number of nitrogens with zero attached hydrogens (tertiary/aromatic N) is 2. The van der Waals surface area contributed by atoms with Crippen molar-refractivity contribution in [3.05, 3.63) is 36.5 Å². The minimum atomic E-state index is 0.185.